The van der Waals surface area contributed by atoms with E-state index in [0.29, 0.717) is 6.54 Å². The van der Waals surface area contributed by atoms with Gasteiger partial charge in [0.1, 0.15) is 0 Å². The van der Waals surface area contributed by atoms with Gasteiger partial charge in [0.2, 0.25) is 5.78 Å². The summed E-state index contributed by atoms with van der Waals surface area (Å²) in [7, 11) is 0. The molecule has 0 rings (SSSR count). The van der Waals surface area contributed by atoms with Crippen LogP contribution in [0.1, 0.15) is 6.92 Å². The van der Waals surface area contributed by atoms with Crippen molar-refractivity contribution >= 4 is 24.5 Å². The minimum Gasteiger partial charge on any atom is -0.346 e. The van der Waals surface area contributed by atoms with Gasteiger partial charge in [0, 0.05) is 6.54 Å². The highest BCUT2D eigenvalue weighted by molar-refractivity contribution is 7.78. The molecule has 0 aliphatic heterocycles. The third-order valence-electron chi connectivity index (χ3n) is 1.22. The molecule has 12 heavy (non-hydrogen) atoms. The first kappa shape index (κ1) is 11.2. The van der Waals surface area contributed by atoms with Crippen LogP contribution >= 0.6 is 12.8 Å². The smallest absolute Gasteiger partial charge is 0.289 e. The van der Waals surface area contributed by atoms with Crippen molar-refractivity contribution in [1.29, 1.82) is 0 Å². The lowest BCUT2D eigenvalue weighted by Gasteiger charge is -2.06. The zero-order valence-electron chi connectivity index (χ0n) is 6.83. The molecule has 0 aliphatic rings. The van der Waals surface area contributed by atoms with Crippen LogP contribution in [0.3, 0.4) is 0 Å². The van der Waals surface area contributed by atoms with Crippen LogP contribution in [0.4, 0.5) is 0 Å². The normalized spacial score (nSPS) is 11.8. The van der Waals surface area contributed by atoms with Crippen molar-refractivity contribution in [1.82, 2.24) is 10.0 Å². The molecule has 5 heteroatoms. The fourth-order valence-electron chi connectivity index (χ4n) is 0.507. The van der Waals surface area contributed by atoms with Gasteiger partial charge >= 0.3 is 0 Å². The number of thiol groups is 1. The molecule has 0 aromatic carbocycles. The molecule has 68 valence electrons. The van der Waals surface area contributed by atoms with Gasteiger partial charge in [-0.1, -0.05) is 18.9 Å². The topological polar surface area (TPSA) is 58.2 Å². The highest BCUT2D eigenvalue weighted by Gasteiger charge is 2.18. The molecule has 0 fully saturated rings. The van der Waals surface area contributed by atoms with Gasteiger partial charge in [-0.05, 0) is 6.92 Å². The van der Waals surface area contributed by atoms with E-state index in [1.54, 1.807) is 6.92 Å². The maximum absolute atomic E-state index is 11.0. The summed E-state index contributed by atoms with van der Waals surface area (Å²) in [6.07, 6.45) is 1.50. The highest BCUT2D eigenvalue weighted by atomic mass is 32.1. The van der Waals surface area contributed by atoms with Crippen LogP contribution in [0.25, 0.3) is 0 Å². The van der Waals surface area contributed by atoms with Gasteiger partial charge in [0.15, 0.2) is 0 Å². The number of carbonyl (C=O) groups is 2. The molecule has 0 aromatic heterocycles. The van der Waals surface area contributed by atoms with Crippen LogP contribution in [0, 0.1) is 0 Å². The summed E-state index contributed by atoms with van der Waals surface area (Å²) in [6.45, 7) is 5.25. The first-order chi connectivity index (χ1) is 5.63. The molecule has 0 saturated carbocycles. The monoisotopic (exact) mass is 188 g/mol. The lowest BCUT2D eigenvalue weighted by Crippen LogP contribution is -2.40. The molecule has 0 aliphatic carbocycles. The summed E-state index contributed by atoms with van der Waals surface area (Å²) >= 11 is 3.67. The molecule has 1 unspecified atom stereocenters. The Bertz CT molecular complexity index is 194. The van der Waals surface area contributed by atoms with Crippen LogP contribution in [-0.2, 0) is 9.59 Å². The predicted molar refractivity (Wildman–Crippen MR) is 49.8 cm³/mol. The minimum absolute atomic E-state index is 0.296. The highest BCUT2D eigenvalue weighted by Crippen LogP contribution is 1.86. The Balaban J connectivity index is 3.92. The van der Waals surface area contributed by atoms with E-state index in [0.717, 1.165) is 0 Å². The van der Waals surface area contributed by atoms with Crippen molar-refractivity contribution in [3.05, 3.63) is 12.7 Å². The van der Waals surface area contributed by atoms with Gasteiger partial charge in [-0.2, -0.15) is 0 Å². The average Bonchev–Trinajstić information content (AvgIpc) is 2.11. The van der Waals surface area contributed by atoms with Crippen molar-refractivity contribution in [3.63, 3.8) is 0 Å². The quantitative estimate of drug-likeness (QED) is 0.315. The number of amides is 1. The lowest BCUT2D eigenvalue weighted by atomic mass is 10.2. The second kappa shape index (κ2) is 5.79. The summed E-state index contributed by atoms with van der Waals surface area (Å²) in [5, 5.41) is 2.37. The first-order valence-corrected chi connectivity index (χ1v) is 3.90. The van der Waals surface area contributed by atoms with E-state index in [1.807, 2.05) is 0 Å². The molecule has 0 heterocycles. The molecule has 0 saturated heterocycles. The fourth-order valence-corrected chi connectivity index (χ4v) is 0.625. The van der Waals surface area contributed by atoms with E-state index < -0.39 is 17.7 Å². The molecule has 0 bridgehead atoms. The van der Waals surface area contributed by atoms with Crippen molar-refractivity contribution in [2.45, 2.75) is 13.0 Å². The molecule has 2 N–H and O–H groups in total. The summed E-state index contributed by atoms with van der Waals surface area (Å²) in [6, 6.07) is -0.571. The Morgan fingerprint density at radius 2 is 2.25 bits per heavy atom. The molecular weight excluding hydrogens is 176 g/mol. The zero-order valence-corrected chi connectivity index (χ0v) is 7.73. The number of ketones is 1. The number of rotatable bonds is 5. The summed E-state index contributed by atoms with van der Waals surface area (Å²) in [5.74, 6) is -1.16. The largest absolute Gasteiger partial charge is 0.346 e. The number of nitrogens with one attached hydrogen (secondary N) is 2. The van der Waals surface area contributed by atoms with E-state index in [-0.39, 0.29) is 0 Å². The predicted octanol–water partition coefficient (Wildman–Crippen LogP) is -0.319. The number of carbonyl (C=O) groups excluding carboxylic acids is 2. The maximum Gasteiger partial charge on any atom is 0.289 e. The Kier molecular flexibility index (Phi) is 5.40. The zero-order chi connectivity index (χ0) is 9.56. The summed E-state index contributed by atoms with van der Waals surface area (Å²) < 4.78 is 2.38. The summed E-state index contributed by atoms with van der Waals surface area (Å²) in [4.78, 5) is 21.9. The number of Topliss-reactive ketones (excluding diaryl/α,β-unsaturated/α-hetero) is 1. The first-order valence-electron chi connectivity index (χ1n) is 3.46. The molecular formula is C7H12N2O2S. The van der Waals surface area contributed by atoms with E-state index in [9.17, 15) is 9.59 Å². The average molecular weight is 188 g/mol. The van der Waals surface area contributed by atoms with Gasteiger partial charge in [0.25, 0.3) is 5.91 Å². The molecule has 4 nitrogen and oxygen atoms in total. The summed E-state index contributed by atoms with van der Waals surface area (Å²) in [5.41, 5.74) is 0. The van der Waals surface area contributed by atoms with Crippen LogP contribution < -0.4 is 10.0 Å². The van der Waals surface area contributed by atoms with Crippen molar-refractivity contribution in [2.24, 2.45) is 0 Å². The third kappa shape index (κ3) is 3.54. The van der Waals surface area contributed by atoms with Gasteiger partial charge in [0.05, 0.1) is 6.04 Å². The second-order valence-corrected chi connectivity index (χ2v) is 2.47. The van der Waals surface area contributed by atoms with Gasteiger partial charge in [-0.3, -0.25) is 14.3 Å². The third-order valence-corrected chi connectivity index (χ3v) is 1.60. The van der Waals surface area contributed by atoms with Crippen LogP contribution in [-0.4, -0.2) is 24.3 Å². The van der Waals surface area contributed by atoms with E-state index in [2.05, 4.69) is 29.4 Å². The van der Waals surface area contributed by atoms with Crippen LogP contribution in [0.5, 0.6) is 0 Å². The Hall–Kier alpha value is -0.810. The Morgan fingerprint density at radius 3 is 2.67 bits per heavy atom. The van der Waals surface area contributed by atoms with E-state index in [1.165, 1.54) is 6.08 Å². The van der Waals surface area contributed by atoms with Gasteiger partial charge in [-0.25, -0.2) is 0 Å². The van der Waals surface area contributed by atoms with Crippen LogP contribution in [0.2, 0.25) is 0 Å². The SMILES string of the molecule is C=CCNC(=O)C(=O)C(C)NS. The van der Waals surface area contributed by atoms with E-state index in [4.69, 9.17) is 0 Å². The van der Waals surface area contributed by atoms with Crippen molar-refractivity contribution in [3.8, 4) is 0 Å². The van der Waals surface area contributed by atoms with Crippen LogP contribution in [0.15, 0.2) is 12.7 Å². The minimum atomic E-state index is -0.621. The molecule has 0 radical (unpaired) electrons. The number of hydrogen-bond acceptors (Lipinski definition) is 4. The lowest BCUT2D eigenvalue weighted by molar-refractivity contribution is -0.138. The molecule has 0 aromatic rings. The van der Waals surface area contributed by atoms with E-state index >= 15 is 0 Å². The second-order valence-electron chi connectivity index (χ2n) is 2.21. The molecule has 0 spiro atoms. The Morgan fingerprint density at radius 1 is 1.67 bits per heavy atom. The van der Waals surface area contributed by atoms with Gasteiger partial charge in [-0.15, -0.1) is 6.58 Å². The van der Waals surface area contributed by atoms with Gasteiger partial charge < -0.3 is 5.32 Å². The Labute approximate surface area is 77.0 Å². The fraction of sp³-hybridized carbons (Fsp3) is 0.429. The van der Waals surface area contributed by atoms with Crippen molar-refractivity contribution < 1.29 is 9.59 Å². The van der Waals surface area contributed by atoms with Crippen molar-refractivity contribution in [2.75, 3.05) is 6.54 Å². The molecule has 1 atom stereocenters. The number of hydrogen-bond donors (Lipinski definition) is 3. The maximum atomic E-state index is 11.0. The molecule has 1 amide bonds. The standard InChI is InChI=1S/C7H12N2O2S/c1-3-4-8-7(11)6(10)5(2)9-12/h3,5,9,12H,1,4H2,2H3,(H,8,11).